The summed E-state index contributed by atoms with van der Waals surface area (Å²) in [7, 11) is 0. The third-order valence-electron chi connectivity index (χ3n) is 11.8. The topological polar surface area (TPSA) is 19.6 Å². The van der Waals surface area contributed by atoms with E-state index < -0.39 is 0 Å². The van der Waals surface area contributed by atoms with E-state index in [0.29, 0.717) is 0 Å². The summed E-state index contributed by atoms with van der Waals surface area (Å²) in [5, 5.41) is 2.21. The molecule has 0 atom stereocenters. The highest BCUT2D eigenvalue weighted by Crippen LogP contribution is 2.45. The SMILES string of the molecule is c1ccc(-c2cccc(N(c3cccc(-c4ccccc4)c3)c3cccc(-c4ccccc4N(c4cccc(-c5ccccc5)c4)c4ccc5c(c4)oc4ccccc45)c3)c2)cc1. The van der Waals surface area contributed by atoms with Crippen molar-refractivity contribution in [2.24, 2.45) is 0 Å². The molecule has 0 spiro atoms. The summed E-state index contributed by atoms with van der Waals surface area (Å²) in [6.45, 7) is 0. The highest BCUT2D eigenvalue weighted by Gasteiger charge is 2.21. The van der Waals surface area contributed by atoms with E-state index in [9.17, 15) is 0 Å². The van der Waals surface area contributed by atoms with Crippen LogP contribution >= 0.6 is 0 Å². The van der Waals surface area contributed by atoms with Crippen molar-refractivity contribution in [3.63, 3.8) is 0 Å². The zero-order chi connectivity index (χ0) is 42.0. The van der Waals surface area contributed by atoms with Crippen LogP contribution < -0.4 is 9.80 Å². The molecule has 10 aromatic carbocycles. The van der Waals surface area contributed by atoms with Crippen LogP contribution in [0, 0.1) is 0 Å². The van der Waals surface area contributed by atoms with E-state index in [2.05, 4.69) is 252 Å². The summed E-state index contributed by atoms with van der Waals surface area (Å²) in [6, 6.07) is 90.8. The molecule has 0 radical (unpaired) electrons. The van der Waals surface area contributed by atoms with Crippen molar-refractivity contribution in [2.45, 2.75) is 0 Å². The van der Waals surface area contributed by atoms with Crippen LogP contribution in [0.4, 0.5) is 34.1 Å². The van der Waals surface area contributed by atoms with Crippen molar-refractivity contribution in [3.05, 3.63) is 255 Å². The van der Waals surface area contributed by atoms with E-state index in [4.69, 9.17) is 4.42 Å². The van der Waals surface area contributed by atoms with Crippen molar-refractivity contribution in [2.75, 3.05) is 9.80 Å². The highest BCUT2D eigenvalue weighted by atomic mass is 16.3. The number of rotatable bonds is 10. The van der Waals surface area contributed by atoms with Crippen LogP contribution in [-0.4, -0.2) is 0 Å². The summed E-state index contributed by atoms with van der Waals surface area (Å²) in [5.74, 6) is 0. The molecule has 3 heteroatoms. The Kier molecular flexibility index (Phi) is 9.89. The van der Waals surface area contributed by atoms with Crippen LogP contribution in [0.5, 0.6) is 0 Å². The maximum Gasteiger partial charge on any atom is 0.137 e. The third-order valence-corrected chi connectivity index (χ3v) is 11.8. The third kappa shape index (κ3) is 7.43. The standard InChI is InChI=1S/C60H42N2O/c1-4-18-43(19-5-1)46-24-14-28-50(38-46)61(51-29-15-25-47(39-51)44-20-6-2-7-21-44)52-30-17-27-49(41-52)55-32-10-12-34-58(55)62(53-31-16-26-48(40-53)45-22-8-3-9-23-45)54-36-37-57-56-33-11-13-35-59(56)63-60(57)42-54/h1-42H. The van der Waals surface area contributed by atoms with Gasteiger partial charge in [0, 0.05) is 50.8 Å². The first-order valence-corrected chi connectivity index (χ1v) is 21.4. The van der Waals surface area contributed by atoms with Gasteiger partial charge in [-0.05, 0) is 112 Å². The average Bonchev–Trinajstić information content (AvgIpc) is 3.74. The molecule has 0 amide bonds. The molecular formula is C60H42N2O. The van der Waals surface area contributed by atoms with E-state index in [1.165, 1.54) is 16.7 Å². The second kappa shape index (κ2) is 16.6. The van der Waals surface area contributed by atoms with Gasteiger partial charge in [-0.25, -0.2) is 0 Å². The molecule has 0 aliphatic carbocycles. The summed E-state index contributed by atoms with van der Waals surface area (Å²) in [6.07, 6.45) is 0. The predicted molar refractivity (Wildman–Crippen MR) is 265 cm³/mol. The summed E-state index contributed by atoms with van der Waals surface area (Å²) in [4.78, 5) is 4.74. The highest BCUT2D eigenvalue weighted by molar-refractivity contribution is 6.06. The van der Waals surface area contributed by atoms with Crippen LogP contribution in [0.25, 0.3) is 66.4 Å². The number of furan rings is 1. The molecule has 0 unspecified atom stereocenters. The monoisotopic (exact) mass is 806 g/mol. The molecule has 0 saturated carbocycles. The maximum absolute atomic E-state index is 6.49. The molecule has 0 N–H and O–H groups in total. The molecule has 0 aliphatic heterocycles. The van der Waals surface area contributed by atoms with Crippen molar-refractivity contribution >= 4 is 56.1 Å². The average molecular weight is 807 g/mol. The van der Waals surface area contributed by atoms with E-state index in [1.807, 2.05) is 12.1 Å². The molecule has 63 heavy (non-hydrogen) atoms. The maximum atomic E-state index is 6.49. The van der Waals surface area contributed by atoms with Crippen LogP contribution in [0.2, 0.25) is 0 Å². The summed E-state index contributed by atoms with van der Waals surface area (Å²) >= 11 is 0. The van der Waals surface area contributed by atoms with E-state index in [0.717, 1.165) is 83.9 Å². The number of para-hydroxylation sites is 2. The Balaban J connectivity index is 1.08. The van der Waals surface area contributed by atoms with Crippen molar-refractivity contribution in [1.82, 2.24) is 0 Å². The van der Waals surface area contributed by atoms with Gasteiger partial charge in [0.2, 0.25) is 0 Å². The number of benzene rings is 10. The second-order valence-electron chi connectivity index (χ2n) is 15.8. The van der Waals surface area contributed by atoms with Gasteiger partial charge in [-0.2, -0.15) is 0 Å². The van der Waals surface area contributed by atoms with Gasteiger partial charge in [-0.1, -0.05) is 176 Å². The minimum atomic E-state index is 0.850. The molecule has 1 heterocycles. The van der Waals surface area contributed by atoms with Crippen molar-refractivity contribution < 1.29 is 4.42 Å². The smallest absolute Gasteiger partial charge is 0.137 e. The van der Waals surface area contributed by atoms with Gasteiger partial charge in [0.25, 0.3) is 0 Å². The normalized spacial score (nSPS) is 11.2. The first-order chi connectivity index (χ1) is 31.2. The molecule has 298 valence electrons. The zero-order valence-electron chi connectivity index (χ0n) is 34.6. The Bertz CT molecular complexity index is 3270. The molecule has 1 aromatic heterocycles. The quantitative estimate of drug-likeness (QED) is 0.137. The lowest BCUT2D eigenvalue weighted by atomic mass is 9.99. The van der Waals surface area contributed by atoms with Crippen LogP contribution in [-0.2, 0) is 0 Å². The Morgan fingerprint density at radius 3 is 1.19 bits per heavy atom. The fourth-order valence-electron chi connectivity index (χ4n) is 8.82. The molecule has 0 fully saturated rings. The Hall–Kier alpha value is -8.40. The Morgan fingerprint density at radius 1 is 0.238 bits per heavy atom. The Morgan fingerprint density at radius 2 is 0.635 bits per heavy atom. The molecule has 3 nitrogen and oxygen atoms in total. The summed E-state index contributed by atoms with van der Waals surface area (Å²) < 4.78 is 6.49. The van der Waals surface area contributed by atoms with Gasteiger partial charge in [0.05, 0.1) is 5.69 Å². The van der Waals surface area contributed by atoms with Crippen LogP contribution in [0.3, 0.4) is 0 Å². The fourth-order valence-corrected chi connectivity index (χ4v) is 8.82. The van der Waals surface area contributed by atoms with Gasteiger partial charge in [0.15, 0.2) is 0 Å². The molecule has 0 bridgehead atoms. The molecule has 11 rings (SSSR count). The van der Waals surface area contributed by atoms with Crippen molar-refractivity contribution in [1.29, 1.82) is 0 Å². The zero-order valence-corrected chi connectivity index (χ0v) is 34.6. The largest absolute Gasteiger partial charge is 0.456 e. The number of nitrogens with zero attached hydrogens (tertiary/aromatic N) is 2. The lowest BCUT2D eigenvalue weighted by Crippen LogP contribution is -2.12. The van der Waals surface area contributed by atoms with Gasteiger partial charge >= 0.3 is 0 Å². The molecule has 0 aliphatic rings. The first kappa shape index (κ1) is 37.6. The van der Waals surface area contributed by atoms with E-state index in [1.54, 1.807) is 0 Å². The molecule has 0 saturated heterocycles. The second-order valence-corrected chi connectivity index (χ2v) is 15.8. The summed E-state index contributed by atoms with van der Waals surface area (Å²) in [5.41, 5.74) is 17.2. The van der Waals surface area contributed by atoms with Crippen LogP contribution in [0.1, 0.15) is 0 Å². The molecular weight excluding hydrogens is 765 g/mol. The van der Waals surface area contributed by atoms with Crippen LogP contribution in [0.15, 0.2) is 259 Å². The number of hydrogen-bond acceptors (Lipinski definition) is 3. The Labute approximate surface area is 368 Å². The van der Waals surface area contributed by atoms with Crippen molar-refractivity contribution in [3.8, 4) is 44.5 Å². The van der Waals surface area contributed by atoms with E-state index >= 15 is 0 Å². The molecule has 11 aromatic rings. The van der Waals surface area contributed by atoms with Gasteiger partial charge < -0.3 is 14.2 Å². The van der Waals surface area contributed by atoms with Gasteiger partial charge in [-0.15, -0.1) is 0 Å². The minimum absolute atomic E-state index is 0.850. The minimum Gasteiger partial charge on any atom is -0.456 e. The van der Waals surface area contributed by atoms with E-state index in [-0.39, 0.29) is 0 Å². The lowest BCUT2D eigenvalue weighted by molar-refractivity contribution is 0.669. The number of hydrogen-bond donors (Lipinski definition) is 0. The lowest BCUT2D eigenvalue weighted by Gasteiger charge is -2.29. The van der Waals surface area contributed by atoms with Gasteiger partial charge in [-0.3, -0.25) is 0 Å². The fraction of sp³-hybridized carbons (Fsp3) is 0. The number of fused-ring (bicyclic) bond motifs is 3. The number of anilines is 6. The van der Waals surface area contributed by atoms with Gasteiger partial charge in [0.1, 0.15) is 11.2 Å². The first-order valence-electron chi connectivity index (χ1n) is 21.4. The predicted octanol–water partition coefficient (Wildman–Crippen LogP) is 17.2.